The zero-order chi connectivity index (χ0) is 20.2. The Morgan fingerprint density at radius 2 is 1.97 bits per heavy atom. The Morgan fingerprint density at radius 1 is 1.21 bits per heavy atom. The van der Waals surface area contributed by atoms with Crippen molar-refractivity contribution in [1.82, 2.24) is 9.88 Å². The second kappa shape index (κ2) is 8.69. The minimum atomic E-state index is -0.183. The molecule has 4 rings (SSSR count). The summed E-state index contributed by atoms with van der Waals surface area (Å²) in [6, 6.07) is 9.37. The average molecular weight is 396 g/mol. The molecule has 0 aliphatic carbocycles. The van der Waals surface area contributed by atoms with Crippen LogP contribution in [-0.4, -0.2) is 55.3 Å². The predicted octanol–water partition coefficient (Wildman–Crippen LogP) is 3.37. The molecule has 1 atom stereocenters. The molecule has 154 valence electrons. The first kappa shape index (κ1) is 19.5. The van der Waals surface area contributed by atoms with Gasteiger partial charge in [-0.05, 0) is 63.5 Å². The molecular weight excluding hydrogens is 368 g/mol. The van der Waals surface area contributed by atoms with Crippen LogP contribution in [0.25, 0.3) is 0 Å². The summed E-state index contributed by atoms with van der Waals surface area (Å²) in [6.07, 6.45) is 5.12. The molecular formula is C22H28N4O3. The molecule has 0 saturated carbocycles. The molecule has 0 bridgehead atoms. The molecule has 0 spiro atoms. The number of aromatic nitrogens is 1. The maximum atomic E-state index is 13.1. The van der Waals surface area contributed by atoms with E-state index in [1.54, 1.807) is 24.3 Å². The number of fused-ring (bicyclic) bond motifs is 1. The lowest BCUT2D eigenvalue weighted by atomic mass is 10.1. The molecule has 2 aromatic rings. The number of hydrogen-bond donors (Lipinski definition) is 1. The number of methoxy groups -OCH3 is 1. The molecule has 1 unspecified atom stereocenters. The van der Waals surface area contributed by atoms with E-state index in [9.17, 15) is 4.79 Å². The topological polar surface area (TPSA) is 66.9 Å². The summed E-state index contributed by atoms with van der Waals surface area (Å²) < 4.78 is 11.0. The quantitative estimate of drug-likeness (QED) is 0.724. The number of pyridine rings is 1. The number of ether oxygens (including phenoxy) is 2. The van der Waals surface area contributed by atoms with Crippen molar-refractivity contribution in [2.75, 3.05) is 43.6 Å². The molecule has 2 aliphatic heterocycles. The third-order valence-corrected chi connectivity index (χ3v) is 5.49. The van der Waals surface area contributed by atoms with Gasteiger partial charge in [0.25, 0.3) is 5.91 Å². The maximum absolute atomic E-state index is 13.1. The highest BCUT2D eigenvalue weighted by molar-refractivity contribution is 6.12. The first-order valence-corrected chi connectivity index (χ1v) is 10.2. The number of carbonyl (C=O) groups is 1. The summed E-state index contributed by atoms with van der Waals surface area (Å²) in [6.45, 7) is 6.19. The molecule has 29 heavy (non-hydrogen) atoms. The lowest BCUT2D eigenvalue weighted by Crippen LogP contribution is -2.47. The molecule has 1 amide bonds. The number of anilines is 2. The molecule has 1 aromatic heterocycles. The minimum absolute atomic E-state index is 0.0776. The van der Waals surface area contributed by atoms with E-state index in [2.05, 4.69) is 15.2 Å². The monoisotopic (exact) mass is 396 g/mol. The van der Waals surface area contributed by atoms with Gasteiger partial charge in [0, 0.05) is 18.3 Å². The SMILES string of the molecule is COc1cc2c(cn1)NC(C)N(c1ccc(OCCCN3CCCC3)cc1)C2=O. The van der Waals surface area contributed by atoms with Crippen molar-refractivity contribution in [2.24, 2.45) is 0 Å². The minimum Gasteiger partial charge on any atom is -0.494 e. The second-order valence-corrected chi connectivity index (χ2v) is 7.51. The van der Waals surface area contributed by atoms with E-state index in [1.165, 1.54) is 25.9 Å². The normalized spacial score (nSPS) is 19.0. The van der Waals surface area contributed by atoms with Crippen LogP contribution < -0.4 is 19.7 Å². The fourth-order valence-electron chi connectivity index (χ4n) is 3.96. The number of rotatable bonds is 7. The van der Waals surface area contributed by atoms with E-state index in [0.29, 0.717) is 18.1 Å². The van der Waals surface area contributed by atoms with Gasteiger partial charge in [-0.3, -0.25) is 9.69 Å². The van der Waals surface area contributed by atoms with Gasteiger partial charge in [0.15, 0.2) is 0 Å². The van der Waals surface area contributed by atoms with Crippen molar-refractivity contribution in [3.63, 3.8) is 0 Å². The lowest BCUT2D eigenvalue weighted by Gasteiger charge is -2.35. The zero-order valence-corrected chi connectivity index (χ0v) is 17.1. The number of likely N-dealkylation sites (tertiary alicyclic amines) is 1. The first-order valence-electron chi connectivity index (χ1n) is 10.2. The number of carbonyl (C=O) groups excluding carboxylic acids is 1. The number of amides is 1. The van der Waals surface area contributed by atoms with Crippen LogP contribution in [-0.2, 0) is 0 Å². The largest absolute Gasteiger partial charge is 0.494 e. The van der Waals surface area contributed by atoms with Gasteiger partial charge in [-0.1, -0.05) is 0 Å². The average Bonchev–Trinajstić information content (AvgIpc) is 3.26. The van der Waals surface area contributed by atoms with Crippen LogP contribution in [0.3, 0.4) is 0 Å². The van der Waals surface area contributed by atoms with Gasteiger partial charge in [-0.25, -0.2) is 4.98 Å². The molecule has 7 heteroatoms. The fraction of sp³-hybridized carbons (Fsp3) is 0.455. The van der Waals surface area contributed by atoms with Crippen LogP contribution in [0.4, 0.5) is 11.4 Å². The van der Waals surface area contributed by atoms with Crippen LogP contribution >= 0.6 is 0 Å². The van der Waals surface area contributed by atoms with Crippen LogP contribution in [0.15, 0.2) is 36.5 Å². The van der Waals surface area contributed by atoms with Crippen molar-refractivity contribution >= 4 is 17.3 Å². The predicted molar refractivity (Wildman–Crippen MR) is 113 cm³/mol. The van der Waals surface area contributed by atoms with Gasteiger partial charge in [-0.15, -0.1) is 0 Å². The molecule has 1 aromatic carbocycles. The third-order valence-electron chi connectivity index (χ3n) is 5.49. The summed E-state index contributed by atoms with van der Waals surface area (Å²) in [4.78, 5) is 21.5. The van der Waals surface area contributed by atoms with Crippen molar-refractivity contribution < 1.29 is 14.3 Å². The highest BCUT2D eigenvalue weighted by atomic mass is 16.5. The van der Waals surface area contributed by atoms with E-state index in [1.807, 2.05) is 31.2 Å². The summed E-state index contributed by atoms with van der Waals surface area (Å²) >= 11 is 0. The number of hydrogen-bond acceptors (Lipinski definition) is 6. The standard InChI is InChI=1S/C22H28N4O3/c1-16-24-20-15-23-21(28-2)14-19(20)22(27)26(16)17-6-8-18(9-7-17)29-13-5-12-25-10-3-4-11-25/h6-9,14-16,24H,3-5,10-13H2,1-2H3. The summed E-state index contributed by atoms with van der Waals surface area (Å²) in [7, 11) is 1.54. The van der Waals surface area contributed by atoms with Gasteiger partial charge in [0.1, 0.15) is 11.9 Å². The van der Waals surface area contributed by atoms with Crippen LogP contribution in [0.1, 0.15) is 36.5 Å². The van der Waals surface area contributed by atoms with Crippen molar-refractivity contribution in [3.8, 4) is 11.6 Å². The summed E-state index contributed by atoms with van der Waals surface area (Å²) in [5.41, 5.74) is 2.09. The Labute approximate surface area is 171 Å². The Balaban J connectivity index is 1.39. The Morgan fingerprint density at radius 3 is 2.69 bits per heavy atom. The van der Waals surface area contributed by atoms with Gasteiger partial charge in [0.05, 0.1) is 31.2 Å². The van der Waals surface area contributed by atoms with E-state index in [-0.39, 0.29) is 12.1 Å². The lowest BCUT2D eigenvalue weighted by molar-refractivity contribution is 0.0976. The highest BCUT2D eigenvalue weighted by Crippen LogP contribution is 2.31. The number of benzene rings is 1. The molecule has 7 nitrogen and oxygen atoms in total. The van der Waals surface area contributed by atoms with E-state index in [0.717, 1.165) is 30.1 Å². The molecule has 2 aliphatic rings. The molecule has 1 saturated heterocycles. The van der Waals surface area contributed by atoms with Gasteiger partial charge < -0.3 is 19.7 Å². The van der Waals surface area contributed by atoms with Crippen LogP contribution in [0.2, 0.25) is 0 Å². The fourth-order valence-corrected chi connectivity index (χ4v) is 3.96. The smallest absolute Gasteiger partial charge is 0.262 e. The maximum Gasteiger partial charge on any atom is 0.262 e. The first-order chi connectivity index (χ1) is 14.2. The van der Waals surface area contributed by atoms with E-state index in [4.69, 9.17) is 9.47 Å². The third kappa shape index (κ3) is 4.29. The summed E-state index contributed by atoms with van der Waals surface area (Å²) in [5, 5.41) is 3.32. The van der Waals surface area contributed by atoms with Gasteiger partial charge in [-0.2, -0.15) is 0 Å². The number of nitrogens with one attached hydrogen (secondary N) is 1. The Kier molecular flexibility index (Phi) is 5.85. The van der Waals surface area contributed by atoms with Crippen LogP contribution in [0, 0.1) is 0 Å². The second-order valence-electron chi connectivity index (χ2n) is 7.51. The Bertz CT molecular complexity index is 850. The molecule has 0 radical (unpaired) electrons. The van der Waals surface area contributed by atoms with Crippen molar-refractivity contribution in [1.29, 1.82) is 0 Å². The zero-order valence-electron chi connectivity index (χ0n) is 17.1. The van der Waals surface area contributed by atoms with Crippen molar-refractivity contribution in [2.45, 2.75) is 32.4 Å². The highest BCUT2D eigenvalue weighted by Gasteiger charge is 2.31. The van der Waals surface area contributed by atoms with E-state index < -0.39 is 0 Å². The summed E-state index contributed by atoms with van der Waals surface area (Å²) in [5.74, 6) is 1.17. The van der Waals surface area contributed by atoms with Gasteiger partial charge in [0.2, 0.25) is 5.88 Å². The van der Waals surface area contributed by atoms with Crippen molar-refractivity contribution in [3.05, 3.63) is 42.1 Å². The molecule has 1 fully saturated rings. The van der Waals surface area contributed by atoms with Gasteiger partial charge >= 0.3 is 0 Å². The van der Waals surface area contributed by atoms with Crippen LogP contribution in [0.5, 0.6) is 11.6 Å². The molecule has 3 heterocycles. The number of nitrogens with zero attached hydrogens (tertiary/aromatic N) is 3. The molecule has 1 N–H and O–H groups in total. The van der Waals surface area contributed by atoms with E-state index >= 15 is 0 Å². The Hall–Kier alpha value is -2.80.